The maximum atomic E-state index is 11.6. The van der Waals surface area contributed by atoms with Crippen LogP contribution < -0.4 is 19.9 Å². The number of halogens is 1. The zero-order valence-corrected chi connectivity index (χ0v) is 22.3. The molecule has 0 saturated carbocycles. The van der Waals surface area contributed by atoms with E-state index in [0.717, 1.165) is 34.4 Å². The van der Waals surface area contributed by atoms with E-state index < -0.39 is 0 Å². The van der Waals surface area contributed by atoms with E-state index in [1.165, 1.54) is 12.3 Å². The van der Waals surface area contributed by atoms with Crippen LogP contribution >= 0.6 is 11.6 Å². The van der Waals surface area contributed by atoms with Crippen LogP contribution in [0.4, 0.5) is 0 Å². The van der Waals surface area contributed by atoms with Crippen LogP contribution in [0.3, 0.4) is 0 Å². The Morgan fingerprint density at radius 3 is 2.62 bits per heavy atom. The quantitative estimate of drug-likeness (QED) is 0.166. The molecule has 0 atom stereocenters. The number of pyridine rings is 1. The Bertz CT molecular complexity index is 1500. The van der Waals surface area contributed by atoms with Crippen LogP contribution in [-0.2, 0) is 13.2 Å². The normalized spacial score (nSPS) is 10.5. The Morgan fingerprint density at radius 2 is 1.82 bits per heavy atom. The number of rotatable bonds is 12. The molecule has 0 saturated heterocycles. The maximum absolute atomic E-state index is 11.6. The summed E-state index contributed by atoms with van der Waals surface area (Å²) >= 11 is 6.43. The van der Waals surface area contributed by atoms with Crippen molar-refractivity contribution in [3.05, 3.63) is 106 Å². The van der Waals surface area contributed by atoms with Gasteiger partial charge in [-0.1, -0.05) is 41.9 Å². The van der Waals surface area contributed by atoms with E-state index in [4.69, 9.17) is 36.8 Å². The highest BCUT2D eigenvalue weighted by Crippen LogP contribution is 2.34. The molecular formula is C31H28ClN3O4. The molecule has 0 aliphatic rings. The van der Waals surface area contributed by atoms with Crippen LogP contribution in [-0.4, -0.2) is 24.4 Å². The first-order valence-corrected chi connectivity index (χ1v) is 12.8. The van der Waals surface area contributed by atoms with Gasteiger partial charge in [0.1, 0.15) is 36.5 Å². The predicted octanol–water partition coefficient (Wildman–Crippen LogP) is 6.28. The van der Waals surface area contributed by atoms with Gasteiger partial charge in [0, 0.05) is 24.0 Å². The molecule has 0 unspecified atom stereocenters. The molecule has 0 radical (unpaired) electrons. The predicted molar refractivity (Wildman–Crippen MR) is 150 cm³/mol. The van der Waals surface area contributed by atoms with Gasteiger partial charge in [-0.15, -0.1) is 0 Å². The summed E-state index contributed by atoms with van der Waals surface area (Å²) in [6.07, 6.45) is 4.55. The van der Waals surface area contributed by atoms with Crippen molar-refractivity contribution in [3.8, 4) is 34.4 Å². The number of nitrogens with two attached hydrogens (primary N) is 1. The highest BCUT2D eigenvalue weighted by molar-refractivity contribution is 6.32. The second kappa shape index (κ2) is 13.4. The minimum absolute atomic E-state index is 0.126. The van der Waals surface area contributed by atoms with E-state index in [-0.39, 0.29) is 13.2 Å². The molecule has 0 spiro atoms. The van der Waals surface area contributed by atoms with Gasteiger partial charge in [0.25, 0.3) is 0 Å². The smallest absolute Gasteiger partial charge is 0.153 e. The zero-order chi connectivity index (χ0) is 27.6. The van der Waals surface area contributed by atoms with Crippen molar-refractivity contribution in [2.75, 3.05) is 13.2 Å². The number of benzene rings is 3. The Hall–Kier alpha value is -4.38. The van der Waals surface area contributed by atoms with Crippen molar-refractivity contribution in [2.24, 2.45) is 5.73 Å². The van der Waals surface area contributed by atoms with Gasteiger partial charge in [-0.3, -0.25) is 9.78 Å². The lowest BCUT2D eigenvalue weighted by molar-refractivity contribution is 0.111. The molecule has 0 bridgehead atoms. The molecule has 8 heteroatoms. The fraction of sp³-hybridized carbons (Fsp3) is 0.194. The molecule has 1 aromatic heterocycles. The monoisotopic (exact) mass is 541 g/mol. The second-order valence-corrected chi connectivity index (χ2v) is 9.22. The fourth-order valence-corrected chi connectivity index (χ4v) is 4.23. The van der Waals surface area contributed by atoms with Crippen molar-refractivity contribution in [1.29, 1.82) is 5.26 Å². The van der Waals surface area contributed by atoms with Gasteiger partial charge in [-0.2, -0.15) is 5.26 Å². The second-order valence-electron chi connectivity index (χ2n) is 8.82. The summed E-state index contributed by atoms with van der Waals surface area (Å²) in [5.74, 6) is 1.51. The molecule has 198 valence electrons. The third-order valence-corrected chi connectivity index (χ3v) is 6.40. The number of carbonyl (C=O) groups excluding carboxylic acids is 1. The topological polar surface area (TPSA) is 107 Å². The molecule has 0 aliphatic heterocycles. The van der Waals surface area contributed by atoms with Crippen molar-refractivity contribution < 1.29 is 19.0 Å². The molecule has 0 aliphatic carbocycles. The van der Waals surface area contributed by atoms with Gasteiger partial charge >= 0.3 is 0 Å². The molecular weight excluding hydrogens is 514 g/mol. The molecule has 3 aromatic carbocycles. The van der Waals surface area contributed by atoms with E-state index in [0.29, 0.717) is 52.6 Å². The van der Waals surface area contributed by atoms with E-state index in [9.17, 15) is 4.79 Å². The van der Waals surface area contributed by atoms with Crippen LogP contribution in [0.25, 0.3) is 11.1 Å². The van der Waals surface area contributed by atoms with Gasteiger partial charge < -0.3 is 19.9 Å². The lowest BCUT2D eigenvalue weighted by Crippen LogP contribution is -2.06. The average molecular weight is 542 g/mol. The van der Waals surface area contributed by atoms with Crippen LogP contribution in [0.5, 0.6) is 17.2 Å². The van der Waals surface area contributed by atoms with Gasteiger partial charge in [-0.25, -0.2) is 0 Å². The van der Waals surface area contributed by atoms with Crippen LogP contribution in [0.1, 0.15) is 39.0 Å². The number of hydrogen-bond acceptors (Lipinski definition) is 7. The SMILES string of the molecule is Cc1c(COc2cc(OCc3cncc(C#N)c3)c(C=O)cc2Cl)cccc1-c1cccc(OCCCN)c1. The number of aldehydes is 1. The summed E-state index contributed by atoms with van der Waals surface area (Å²) in [5.41, 5.74) is 11.2. The summed E-state index contributed by atoms with van der Waals surface area (Å²) in [7, 11) is 0. The molecule has 4 aromatic rings. The molecule has 2 N–H and O–H groups in total. The number of nitriles is 1. The summed E-state index contributed by atoms with van der Waals surface area (Å²) in [6, 6.07) is 20.9. The van der Waals surface area contributed by atoms with E-state index in [1.807, 2.05) is 49.4 Å². The minimum atomic E-state index is 0.126. The average Bonchev–Trinajstić information content (AvgIpc) is 2.96. The summed E-state index contributed by atoms with van der Waals surface area (Å²) < 4.78 is 17.8. The largest absolute Gasteiger partial charge is 0.494 e. The van der Waals surface area contributed by atoms with E-state index >= 15 is 0 Å². The summed E-state index contributed by atoms with van der Waals surface area (Å²) in [5, 5.41) is 9.38. The van der Waals surface area contributed by atoms with Gasteiger partial charge in [-0.05, 0) is 66.4 Å². The van der Waals surface area contributed by atoms with Crippen LogP contribution in [0, 0.1) is 18.3 Å². The first kappa shape index (κ1) is 27.6. The Morgan fingerprint density at radius 1 is 1.00 bits per heavy atom. The maximum Gasteiger partial charge on any atom is 0.153 e. The van der Waals surface area contributed by atoms with Crippen molar-refractivity contribution >= 4 is 17.9 Å². The lowest BCUT2D eigenvalue weighted by atomic mass is 9.96. The fourth-order valence-electron chi connectivity index (χ4n) is 4.00. The number of aromatic nitrogens is 1. The van der Waals surface area contributed by atoms with Crippen molar-refractivity contribution in [1.82, 2.24) is 4.98 Å². The minimum Gasteiger partial charge on any atom is -0.494 e. The number of carbonyl (C=O) groups is 1. The molecule has 0 amide bonds. The van der Waals surface area contributed by atoms with Crippen LogP contribution in [0.15, 0.2) is 73.1 Å². The number of hydrogen-bond donors (Lipinski definition) is 1. The Labute approximate surface area is 232 Å². The summed E-state index contributed by atoms with van der Waals surface area (Å²) in [6.45, 7) is 3.60. The molecule has 0 fully saturated rings. The third-order valence-electron chi connectivity index (χ3n) is 6.10. The number of nitrogens with zero attached hydrogens (tertiary/aromatic N) is 2. The van der Waals surface area contributed by atoms with E-state index in [2.05, 4.69) is 11.1 Å². The third kappa shape index (κ3) is 7.14. The standard InChI is InChI=1S/C31H28ClN3O4/c1-21-25(6-3-8-28(21)24-5-2-7-27(12-24)37-10-4-9-33)20-39-31-14-30(26(18-36)13-29(31)32)38-19-23-11-22(15-34)16-35-17-23/h2-3,5-8,11-14,16-18H,4,9-10,19-20,33H2,1H3. The first-order valence-electron chi connectivity index (χ1n) is 12.4. The zero-order valence-electron chi connectivity index (χ0n) is 21.5. The van der Waals surface area contributed by atoms with Crippen LogP contribution in [0.2, 0.25) is 5.02 Å². The first-order chi connectivity index (χ1) is 19.0. The van der Waals surface area contributed by atoms with E-state index in [1.54, 1.807) is 18.3 Å². The Balaban J connectivity index is 1.51. The number of ether oxygens (including phenoxy) is 3. The molecule has 1 heterocycles. The molecule has 4 rings (SSSR count). The highest BCUT2D eigenvalue weighted by atomic mass is 35.5. The van der Waals surface area contributed by atoms with Crippen molar-refractivity contribution in [2.45, 2.75) is 26.6 Å². The summed E-state index contributed by atoms with van der Waals surface area (Å²) in [4.78, 5) is 15.7. The van der Waals surface area contributed by atoms with Gasteiger partial charge in [0.15, 0.2) is 6.29 Å². The van der Waals surface area contributed by atoms with Crippen molar-refractivity contribution in [3.63, 3.8) is 0 Å². The lowest BCUT2D eigenvalue weighted by Gasteiger charge is -2.16. The van der Waals surface area contributed by atoms with Gasteiger partial charge in [0.05, 0.1) is 22.8 Å². The van der Waals surface area contributed by atoms with Gasteiger partial charge in [0.2, 0.25) is 0 Å². The molecule has 7 nitrogen and oxygen atoms in total. The molecule has 39 heavy (non-hydrogen) atoms. The highest BCUT2D eigenvalue weighted by Gasteiger charge is 2.13. The Kier molecular flexibility index (Phi) is 9.52.